The van der Waals surface area contributed by atoms with Crippen molar-refractivity contribution in [3.05, 3.63) is 33.4 Å². The molecule has 0 bridgehead atoms. The molecule has 0 saturated carbocycles. The second-order valence-electron chi connectivity index (χ2n) is 5.16. The van der Waals surface area contributed by atoms with E-state index >= 15 is 0 Å². The van der Waals surface area contributed by atoms with Crippen LogP contribution in [0.1, 0.15) is 42.8 Å². The monoisotopic (exact) mass is 372 g/mol. The van der Waals surface area contributed by atoms with Gasteiger partial charge >= 0.3 is 6.18 Å². The Balaban J connectivity index is 1.93. The Bertz CT molecular complexity index is 841. The number of anilines is 1. The summed E-state index contributed by atoms with van der Waals surface area (Å²) in [6.45, 7) is 3.87. The highest BCUT2D eigenvalue weighted by atomic mass is 32.1. The molecule has 3 aromatic rings. The lowest BCUT2D eigenvalue weighted by molar-refractivity contribution is -0.140. The highest BCUT2D eigenvalue weighted by Crippen LogP contribution is 2.34. The first kappa shape index (κ1) is 17.1. The zero-order chi connectivity index (χ0) is 17.3. The van der Waals surface area contributed by atoms with Crippen LogP contribution in [-0.4, -0.2) is 15.0 Å². The van der Waals surface area contributed by atoms with E-state index in [2.05, 4.69) is 20.3 Å². The summed E-state index contributed by atoms with van der Waals surface area (Å²) < 4.78 is 38.3. The van der Waals surface area contributed by atoms with E-state index in [1.165, 1.54) is 11.3 Å². The van der Waals surface area contributed by atoms with E-state index < -0.39 is 11.9 Å². The van der Waals surface area contributed by atoms with Crippen molar-refractivity contribution in [2.24, 2.45) is 0 Å². The number of nitrogens with zero attached hydrogens (tertiary/aromatic N) is 3. The summed E-state index contributed by atoms with van der Waals surface area (Å²) in [7, 11) is 0. The summed E-state index contributed by atoms with van der Waals surface area (Å²) in [5.41, 5.74) is -0.847. The zero-order valence-electron chi connectivity index (χ0n) is 13.0. The van der Waals surface area contributed by atoms with E-state index in [4.69, 9.17) is 0 Å². The molecule has 1 unspecified atom stereocenters. The fraction of sp³-hybridized carbons (Fsp3) is 0.400. The molecule has 0 aliphatic rings. The molecule has 0 aliphatic carbocycles. The van der Waals surface area contributed by atoms with E-state index in [0.717, 1.165) is 26.9 Å². The van der Waals surface area contributed by atoms with Crippen LogP contribution in [0, 0.1) is 0 Å². The average Bonchev–Trinajstić information content (AvgIpc) is 3.20. The fourth-order valence-corrected chi connectivity index (χ4v) is 3.99. The minimum Gasteiger partial charge on any atom is -0.360 e. The van der Waals surface area contributed by atoms with Crippen molar-refractivity contribution in [2.75, 3.05) is 5.32 Å². The third-order valence-electron chi connectivity index (χ3n) is 3.52. The highest BCUT2D eigenvalue weighted by molar-refractivity contribution is 7.16. The van der Waals surface area contributed by atoms with Crippen molar-refractivity contribution in [3.8, 4) is 0 Å². The smallest absolute Gasteiger partial charge is 0.360 e. The molecule has 0 amide bonds. The molecule has 0 saturated heterocycles. The molecule has 24 heavy (non-hydrogen) atoms. The molecule has 0 radical (unpaired) electrons. The molecule has 0 spiro atoms. The van der Waals surface area contributed by atoms with Crippen LogP contribution in [0.15, 0.2) is 16.8 Å². The minimum absolute atomic E-state index is 0.325. The molecule has 3 heterocycles. The van der Waals surface area contributed by atoms with Crippen molar-refractivity contribution in [3.63, 3.8) is 0 Å². The van der Waals surface area contributed by atoms with Crippen molar-refractivity contribution in [2.45, 2.75) is 38.9 Å². The molecule has 0 fully saturated rings. The van der Waals surface area contributed by atoms with Gasteiger partial charge in [0.05, 0.1) is 11.4 Å². The quantitative estimate of drug-likeness (QED) is 0.661. The Hall–Kier alpha value is -1.74. The van der Waals surface area contributed by atoms with Crippen LogP contribution in [0.25, 0.3) is 10.2 Å². The topological polar surface area (TPSA) is 50.7 Å². The Morgan fingerprint density at radius 3 is 2.58 bits per heavy atom. The first-order valence-electron chi connectivity index (χ1n) is 7.45. The van der Waals surface area contributed by atoms with Crippen molar-refractivity contribution in [1.82, 2.24) is 15.0 Å². The van der Waals surface area contributed by atoms with Crippen LogP contribution < -0.4 is 5.32 Å². The number of aromatic nitrogens is 3. The zero-order valence-corrected chi connectivity index (χ0v) is 14.6. The summed E-state index contributed by atoms with van der Waals surface area (Å²) in [6, 6.07) is 1.59. The normalized spacial score (nSPS) is 13.4. The number of rotatable bonds is 5. The number of thiophene rings is 1. The van der Waals surface area contributed by atoms with Gasteiger partial charge in [-0.25, -0.2) is 15.0 Å². The molecule has 1 N–H and O–H groups in total. The van der Waals surface area contributed by atoms with E-state index in [9.17, 15) is 13.2 Å². The maximum atomic E-state index is 12.8. The van der Waals surface area contributed by atoms with Gasteiger partial charge in [0.1, 0.15) is 21.5 Å². The first-order chi connectivity index (χ1) is 11.4. The average molecular weight is 372 g/mol. The molecule has 9 heteroatoms. The van der Waals surface area contributed by atoms with E-state index in [1.54, 1.807) is 0 Å². The lowest BCUT2D eigenvalue weighted by Crippen LogP contribution is -2.13. The molecule has 0 aliphatic heterocycles. The van der Waals surface area contributed by atoms with Crippen LogP contribution in [0.5, 0.6) is 0 Å². The maximum absolute atomic E-state index is 12.8. The highest BCUT2D eigenvalue weighted by Gasteiger charge is 2.34. The van der Waals surface area contributed by atoms with Gasteiger partial charge in [-0.15, -0.1) is 22.7 Å². The lowest BCUT2D eigenvalue weighted by atomic mass is 10.2. The van der Waals surface area contributed by atoms with Crippen LogP contribution in [0.2, 0.25) is 0 Å². The van der Waals surface area contributed by atoms with Gasteiger partial charge in [0.25, 0.3) is 0 Å². The summed E-state index contributed by atoms with van der Waals surface area (Å²) >= 11 is 2.53. The Kier molecular flexibility index (Phi) is 4.73. The molecule has 3 rings (SSSR count). The largest absolute Gasteiger partial charge is 0.434 e. The number of hydrogen-bond acceptors (Lipinski definition) is 6. The maximum Gasteiger partial charge on any atom is 0.434 e. The van der Waals surface area contributed by atoms with Crippen LogP contribution in [0.3, 0.4) is 0 Å². The molecular weight excluding hydrogens is 357 g/mol. The summed E-state index contributed by atoms with van der Waals surface area (Å²) in [5, 5.41) is 7.51. The Labute approximate surface area is 144 Å². The van der Waals surface area contributed by atoms with Gasteiger partial charge in [0.15, 0.2) is 5.69 Å². The van der Waals surface area contributed by atoms with Crippen molar-refractivity contribution in [1.29, 1.82) is 0 Å². The van der Waals surface area contributed by atoms with E-state index in [-0.39, 0.29) is 6.04 Å². The number of thiazole rings is 1. The molecule has 128 valence electrons. The van der Waals surface area contributed by atoms with Crippen LogP contribution in [0.4, 0.5) is 19.0 Å². The number of fused-ring (bicyclic) bond motifs is 1. The third-order valence-corrected chi connectivity index (χ3v) is 5.28. The number of alkyl halides is 3. The molecule has 1 atom stereocenters. The standard InChI is InChI=1S/C15H15F3N4S2/c1-3-9(14-20-10(7-24-14)15(16,17)18)19-12-8-5-6-23-13(8)22-11(4-2)21-12/h5-7,9H,3-4H2,1-2H3,(H,19,21,22). The van der Waals surface area contributed by atoms with Gasteiger partial charge in [-0.1, -0.05) is 13.8 Å². The fourth-order valence-electron chi connectivity index (χ4n) is 2.25. The predicted molar refractivity (Wildman–Crippen MR) is 90.6 cm³/mol. The van der Waals surface area contributed by atoms with E-state index in [1.807, 2.05) is 25.3 Å². The van der Waals surface area contributed by atoms with Gasteiger partial charge in [-0.2, -0.15) is 13.2 Å². The van der Waals surface area contributed by atoms with Gasteiger partial charge < -0.3 is 5.32 Å². The lowest BCUT2D eigenvalue weighted by Gasteiger charge is -2.16. The van der Waals surface area contributed by atoms with Gasteiger partial charge in [-0.3, -0.25) is 0 Å². The summed E-state index contributed by atoms with van der Waals surface area (Å²) in [4.78, 5) is 13.6. The van der Waals surface area contributed by atoms with Crippen molar-refractivity contribution >= 4 is 38.7 Å². The SMILES string of the molecule is CCc1nc(NC(CC)c2nc(C(F)(F)F)cs2)c2ccsc2n1. The molecule has 3 aromatic heterocycles. The van der Waals surface area contributed by atoms with Crippen LogP contribution >= 0.6 is 22.7 Å². The number of hydrogen-bond donors (Lipinski definition) is 1. The molecule has 4 nitrogen and oxygen atoms in total. The molecular formula is C15H15F3N4S2. The van der Waals surface area contributed by atoms with E-state index in [0.29, 0.717) is 29.5 Å². The number of nitrogens with one attached hydrogen (secondary N) is 1. The van der Waals surface area contributed by atoms with Gasteiger partial charge in [0.2, 0.25) is 0 Å². The number of aryl methyl sites for hydroxylation is 1. The second-order valence-corrected chi connectivity index (χ2v) is 6.94. The van der Waals surface area contributed by atoms with Gasteiger partial charge in [-0.05, 0) is 17.9 Å². The predicted octanol–water partition coefficient (Wildman–Crippen LogP) is 5.29. The number of halogens is 3. The Morgan fingerprint density at radius 1 is 1.17 bits per heavy atom. The van der Waals surface area contributed by atoms with Crippen molar-refractivity contribution < 1.29 is 13.2 Å². The van der Waals surface area contributed by atoms with Crippen LogP contribution in [-0.2, 0) is 12.6 Å². The second kappa shape index (κ2) is 6.64. The third kappa shape index (κ3) is 3.36. The summed E-state index contributed by atoms with van der Waals surface area (Å²) in [6.07, 6.45) is -3.13. The molecule has 0 aromatic carbocycles. The van der Waals surface area contributed by atoms with Gasteiger partial charge in [0, 0.05) is 11.8 Å². The summed E-state index contributed by atoms with van der Waals surface area (Å²) in [5.74, 6) is 1.35. The first-order valence-corrected chi connectivity index (χ1v) is 9.21. The Morgan fingerprint density at radius 2 is 1.96 bits per heavy atom. The minimum atomic E-state index is -4.42.